The summed E-state index contributed by atoms with van der Waals surface area (Å²) < 4.78 is 0. The molecule has 0 aromatic heterocycles. The summed E-state index contributed by atoms with van der Waals surface area (Å²) in [4.78, 5) is 10.6. The smallest absolute Gasteiger partial charge is 0.335 e. The second-order valence-corrected chi connectivity index (χ2v) is 1.69. The lowest BCUT2D eigenvalue weighted by molar-refractivity contribution is 0.242. The molecule has 0 spiro atoms. The molecule has 0 unspecified atom stereocenters. The monoisotopic (exact) mass is 143 g/mol. The maximum atomic E-state index is 10.6. The van der Waals surface area contributed by atoms with Crippen molar-refractivity contribution in [2.45, 2.75) is 20.3 Å². The normalized spacial score (nSPS) is 9.80. The molecule has 0 bridgehead atoms. The summed E-state index contributed by atoms with van der Waals surface area (Å²) in [6, 6.07) is -0.257. The van der Waals surface area contributed by atoms with Gasteiger partial charge in [0.2, 0.25) is 0 Å². The first-order chi connectivity index (χ1) is 4.81. The Labute approximate surface area is 60.7 Å². The topological polar surface area (TPSA) is 53.5 Å². The molecule has 0 rings (SSSR count). The molecule has 0 heterocycles. The van der Waals surface area contributed by atoms with Crippen LogP contribution in [0.1, 0.15) is 20.3 Å². The van der Waals surface area contributed by atoms with Crippen LogP contribution < -0.4 is 10.7 Å². The van der Waals surface area contributed by atoms with Crippen molar-refractivity contribution < 1.29 is 4.79 Å². The fourth-order valence-electron chi connectivity index (χ4n) is 0.396. The number of nitrogens with zero attached hydrogens (tertiary/aromatic N) is 1. The molecule has 10 heavy (non-hydrogen) atoms. The highest BCUT2D eigenvalue weighted by Crippen LogP contribution is 1.67. The zero-order valence-electron chi connectivity index (χ0n) is 6.35. The number of rotatable bonds is 3. The van der Waals surface area contributed by atoms with Gasteiger partial charge in [0.25, 0.3) is 0 Å². The Morgan fingerprint density at radius 2 is 2.30 bits per heavy atom. The van der Waals surface area contributed by atoms with Crippen molar-refractivity contribution in [3.8, 4) is 0 Å². The molecule has 0 fully saturated rings. The molecule has 0 aromatic carbocycles. The van der Waals surface area contributed by atoms with Gasteiger partial charge in [0.15, 0.2) is 0 Å². The van der Waals surface area contributed by atoms with Crippen molar-refractivity contribution in [1.82, 2.24) is 10.7 Å². The first-order valence-electron chi connectivity index (χ1n) is 3.36. The van der Waals surface area contributed by atoms with Crippen LogP contribution >= 0.6 is 0 Å². The molecule has 0 saturated heterocycles. The van der Waals surface area contributed by atoms with Gasteiger partial charge in [-0.25, -0.2) is 10.2 Å². The van der Waals surface area contributed by atoms with E-state index in [1.807, 2.05) is 13.8 Å². The minimum absolute atomic E-state index is 0.257. The van der Waals surface area contributed by atoms with E-state index in [1.54, 1.807) is 6.21 Å². The molecular weight excluding hydrogens is 130 g/mol. The van der Waals surface area contributed by atoms with E-state index in [2.05, 4.69) is 15.8 Å². The summed E-state index contributed by atoms with van der Waals surface area (Å²) in [6.07, 6.45) is 2.46. The zero-order chi connectivity index (χ0) is 7.82. The predicted octanol–water partition coefficient (Wildman–Crippen LogP) is 0.701. The van der Waals surface area contributed by atoms with Crippen LogP contribution in [-0.2, 0) is 0 Å². The van der Waals surface area contributed by atoms with Gasteiger partial charge < -0.3 is 5.32 Å². The third-order valence-corrected chi connectivity index (χ3v) is 0.777. The van der Waals surface area contributed by atoms with Crippen molar-refractivity contribution >= 4 is 12.2 Å². The number of carbonyl (C=O) groups is 1. The van der Waals surface area contributed by atoms with E-state index in [0.717, 1.165) is 6.42 Å². The van der Waals surface area contributed by atoms with Gasteiger partial charge in [0, 0.05) is 12.8 Å². The Balaban J connectivity index is 3.30. The van der Waals surface area contributed by atoms with Gasteiger partial charge in [-0.3, -0.25) is 0 Å². The quantitative estimate of drug-likeness (QED) is 0.443. The molecule has 0 aliphatic heterocycles. The fraction of sp³-hybridized carbons (Fsp3) is 0.667. The fourth-order valence-corrected chi connectivity index (χ4v) is 0.396. The van der Waals surface area contributed by atoms with Gasteiger partial charge in [-0.2, -0.15) is 5.10 Å². The van der Waals surface area contributed by atoms with E-state index in [1.165, 1.54) is 0 Å². The minimum Gasteiger partial charge on any atom is -0.337 e. The van der Waals surface area contributed by atoms with Gasteiger partial charge >= 0.3 is 6.03 Å². The number of nitrogens with one attached hydrogen (secondary N) is 2. The van der Waals surface area contributed by atoms with Gasteiger partial charge in [-0.05, 0) is 13.3 Å². The number of carbonyl (C=O) groups excluding carboxylic acids is 1. The van der Waals surface area contributed by atoms with E-state index in [0.29, 0.717) is 6.54 Å². The first-order valence-corrected chi connectivity index (χ1v) is 3.36. The average molecular weight is 143 g/mol. The first kappa shape index (κ1) is 8.94. The van der Waals surface area contributed by atoms with E-state index >= 15 is 0 Å². The predicted molar refractivity (Wildman–Crippen MR) is 41.0 cm³/mol. The molecular formula is C6H13N3O. The lowest BCUT2D eigenvalue weighted by Crippen LogP contribution is -2.31. The van der Waals surface area contributed by atoms with Crippen molar-refractivity contribution in [2.75, 3.05) is 6.54 Å². The van der Waals surface area contributed by atoms with Crippen LogP contribution in [0.4, 0.5) is 4.79 Å². The molecule has 2 amide bonds. The summed E-state index contributed by atoms with van der Waals surface area (Å²) >= 11 is 0. The summed E-state index contributed by atoms with van der Waals surface area (Å²) in [5.74, 6) is 0. The lowest BCUT2D eigenvalue weighted by atomic mass is 10.6. The Bertz CT molecular complexity index is 122. The molecule has 58 valence electrons. The van der Waals surface area contributed by atoms with Crippen LogP contribution in [0.5, 0.6) is 0 Å². The Kier molecular flexibility index (Phi) is 5.42. The molecule has 0 saturated carbocycles. The van der Waals surface area contributed by atoms with E-state index in [4.69, 9.17) is 0 Å². The number of hydrazone groups is 1. The Morgan fingerprint density at radius 3 is 2.80 bits per heavy atom. The summed E-state index contributed by atoms with van der Waals surface area (Å²) in [6.45, 7) is 4.42. The van der Waals surface area contributed by atoms with Crippen molar-refractivity contribution in [3.63, 3.8) is 0 Å². The highest BCUT2D eigenvalue weighted by molar-refractivity contribution is 5.74. The van der Waals surface area contributed by atoms with Crippen LogP contribution in [-0.4, -0.2) is 18.8 Å². The molecule has 4 heteroatoms. The summed E-state index contributed by atoms with van der Waals surface area (Å²) in [5.41, 5.74) is 2.30. The van der Waals surface area contributed by atoms with Crippen molar-refractivity contribution in [2.24, 2.45) is 5.10 Å². The maximum Gasteiger partial charge on any atom is 0.335 e. The van der Waals surface area contributed by atoms with E-state index in [-0.39, 0.29) is 6.03 Å². The van der Waals surface area contributed by atoms with Crippen LogP contribution in [0, 0.1) is 0 Å². The van der Waals surface area contributed by atoms with Gasteiger partial charge in [0.05, 0.1) is 0 Å². The van der Waals surface area contributed by atoms with Crippen molar-refractivity contribution in [3.05, 3.63) is 0 Å². The lowest BCUT2D eigenvalue weighted by Gasteiger charge is -1.97. The second-order valence-electron chi connectivity index (χ2n) is 1.69. The molecule has 0 aliphatic rings. The highest BCUT2D eigenvalue weighted by atomic mass is 16.2. The SMILES string of the molecule is CC/C=N/NC(=O)NCC. The molecule has 4 nitrogen and oxygen atoms in total. The number of hydrogen-bond acceptors (Lipinski definition) is 2. The maximum absolute atomic E-state index is 10.6. The standard InChI is InChI=1S/C6H13N3O/c1-3-5-8-9-6(10)7-4-2/h5H,3-4H2,1-2H3,(H2,7,9,10)/b8-5+. The highest BCUT2D eigenvalue weighted by Gasteiger charge is 1.90. The zero-order valence-corrected chi connectivity index (χ0v) is 6.35. The van der Waals surface area contributed by atoms with E-state index in [9.17, 15) is 4.79 Å². The third kappa shape index (κ3) is 5.08. The Hall–Kier alpha value is -1.06. The largest absolute Gasteiger partial charge is 0.337 e. The van der Waals surface area contributed by atoms with E-state index < -0.39 is 0 Å². The van der Waals surface area contributed by atoms with Crippen LogP contribution in [0.3, 0.4) is 0 Å². The van der Waals surface area contributed by atoms with Crippen LogP contribution in [0.25, 0.3) is 0 Å². The Morgan fingerprint density at radius 1 is 1.60 bits per heavy atom. The average Bonchev–Trinajstić information content (AvgIpc) is 1.89. The minimum atomic E-state index is -0.257. The summed E-state index contributed by atoms with van der Waals surface area (Å²) in [5, 5.41) is 6.16. The second kappa shape index (κ2) is 6.07. The number of hydrogen-bond donors (Lipinski definition) is 2. The van der Waals surface area contributed by atoms with Gasteiger partial charge in [-0.15, -0.1) is 0 Å². The number of urea groups is 1. The van der Waals surface area contributed by atoms with Gasteiger partial charge in [0.1, 0.15) is 0 Å². The van der Waals surface area contributed by atoms with Crippen LogP contribution in [0.2, 0.25) is 0 Å². The molecule has 0 radical (unpaired) electrons. The van der Waals surface area contributed by atoms with Gasteiger partial charge in [-0.1, -0.05) is 6.92 Å². The van der Waals surface area contributed by atoms with Crippen molar-refractivity contribution in [1.29, 1.82) is 0 Å². The third-order valence-electron chi connectivity index (χ3n) is 0.777. The molecule has 2 N–H and O–H groups in total. The molecule has 0 aliphatic carbocycles. The molecule has 0 aromatic rings. The number of amides is 2. The van der Waals surface area contributed by atoms with Crippen LogP contribution in [0.15, 0.2) is 5.10 Å². The molecule has 0 atom stereocenters. The summed E-state index contributed by atoms with van der Waals surface area (Å²) in [7, 11) is 0.